The van der Waals surface area contributed by atoms with Crippen LogP contribution in [0.4, 0.5) is 5.95 Å². The van der Waals surface area contributed by atoms with Gasteiger partial charge in [0.2, 0.25) is 11.9 Å². The molecule has 0 spiro atoms. The van der Waals surface area contributed by atoms with Crippen molar-refractivity contribution < 1.29 is 4.79 Å². The highest BCUT2D eigenvalue weighted by atomic mass is 16.2. The summed E-state index contributed by atoms with van der Waals surface area (Å²) in [6, 6.07) is 1.71. The Morgan fingerprint density at radius 3 is 3.06 bits per heavy atom. The van der Waals surface area contributed by atoms with Gasteiger partial charge in [0, 0.05) is 25.8 Å². The van der Waals surface area contributed by atoms with Crippen LogP contribution in [0.25, 0.3) is 0 Å². The summed E-state index contributed by atoms with van der Waals surface area (Å²) in [5, 5.41) is 2.69. The molecule has 1 aliphatic rings. The monoisotopic (exact) mass is 249 g/mol. The topological polar surface area (TPSA) is 84.1 Å². The van der Waals surface area contributed by atoms with E-state index in [0.717, 1.165) is 30.8 Å². The molecule has 3 N–H and O–H groups in total. The van der Waals surface area contributed by atoms with Gasteiger partial charge in [-0.2, -0.15) is 0 Å². The van der Waals surface area contributed by atoms with Crippen LogP contribution in [0.15, 0.2) is 6.07 Å². The summed E-state index contributed by atoms with van der Waals surface area (Å²) in [4.78, 5) is 22.6. The Balaban J connectivity index is 2.29. The van der Waals surface area contributed by atoms with Crippen molar-refractivity contribution >= 4 is 11.9 Å². The maximum atomic E-state index is 11.8. The average molecular weight is 249 g/mol. The SMILES string of the molecule is CNC(=O)C1CCCN1c1nc(C)cc(CN)n1. The first-order valence-corrected chi connectivity index (χ1v) is 6.18. The van der Waals surface area contributed by atoms with Gasteiger partial charge >= 0.3 is 0 Å². The standard InChI is InChI=1S/C12H19N5O/c1-8-6-9(7-13)16-12(15-8)17-5-3-4-10(17)11(18)14-2/h6,10H,3-5,7,13H2,1-2H3,(H,14,18). The summed E-state index contributed by atoms with van der Waals surface area (Å²) in [6.45, 7) is 3.11. The lowest BCUT2D eigenvalue weighted by atomic mass is 10.2. The molecule has 98 valence electrons. The molecule has 2 heterocycles. The zero-order valence-corrected chi connectivity index (χ0v) is 10.8. The van der Waals surface area contributed by atoms with Crippen molar-refractivity contribution in [1.82, 2.24) is 15.3 Å². The number of rotatable bonds is 3. The molecule has 18 heavy (non-hydrogen) atoms. The summed E-state index contributed by atoms with van der Waals surface area (Å²) in [7, 11) is 1.65. The Morgan fingerprint density at radius 2 is 2.39 bits per heavy atom. The number of amides is 1. The van der Waals surface area contributed by atoms with E-state index in [1.54, 1.807) is 7.05 Å². The van der Waals surface area contributed by atoms with Crippen LogP contribution in [0.2, 0.25) is 0 Å². The van der Waals surface area contributed by atoms with Crippen LogP contribution in [-0.2, 0) is 11.3 Å². The number of aryl methyl sites for hydroxylation is 1. The zero-order valence-electron chi connectivity index (χ0n) is 10.8. The molecule has 1 aromatic heterocycles. The van der Waals surface area contributed by atoms with Crippen molar-refractivity contribution in [3.05, 3.63) is 17.5 Å². The molecule has 0 aliphatic carbocycles. The van der Waals surface area contributed by atoms with Crippen LogP contribution < -0.4 is 16.0 Å². The Bertz CT molecular complexity index is 448. The van der Waals surface area contributed by atoms with Crippen molar-refractivity contribution in [1.29, 1.82) is 0 Å². The minimum Gasteiger partial charge on any atom is -0.357 e. The van der Waals surface area contributed by atoms with Crippen molar-refractivity contribution in [2.45, 2.75) is 32.4 Å². The number of hydrogen-bond acceptors (Lipinski definition) is 5. The summed E-state index contributed by atoms with van der Waals surface area (Å²) in [5.74, 6) is 0.633. The first-order chi connectivity index (χ1) is 8.65. The highest BCUT2D eigenvalue weighted by Crippen LogP contribution is 2.23. The molecule has 6 nitrogen and oxygen atoms in total. The molecule has 0 radical (unpaired) electrons. The second-order valence-electron chi connectivity index (χ2n) is 4.47. The first-order valence-electron chi connectivity index (χ1n) is 6.18. The normalized spacial score (nSPS) is 19.1. The van der Waals surface area contributed by atoms with E-state index in [1.807, 2.05) is 17.9 Å². The lowest BCUT2D eigenvalue weighted by molar-refractivity contribution is -0.121. The van der Waals surface area contributed by atoms with Crippen molar-refractivity contribution in [2.75, 3.05) is 18.5 Å². The number of hydrogen-bond donors (Lipinski definition) is 2. The lowest BCUT2D eigenvalue weighted by Gasteiger charge is -2.23. The molecule has 1 unspecified atom stereocenters. The van der Waals surface area contributed by atoms with Crippen molar-refractivity contribution in [3.63, 3.8) is 0 Å². The Kier molecular flexibility index (Phi) is 3.76. The number of nitrogens with two attached hydrogens (primary N) is 1. The van der Waals surface area contributed by atoms with Crippen LogP contribution in [0.3, 0.4) is 0 Å². The van der Waals surface area contributed by atoms with Crippen LogP contribution in [0.5, 0.6) is 0 Å². The number of nitrogens with one attached hydrogen (secondary N) is 1. The van der Waals surface area contributed by atoms with Crippen molar-refractivity contribution in [2.24, 2.45) is 5.73 Å². The number of carbonyl (C=O) groups is 1. The van der Waals surface area contributed by atoms with Crippen LogP contribution >= 0.6 is 0 Å². The Labute approximate surface area is 107 Å². The van der Waals surface area contributed by atoms with E-state index >= 15 is 0 Å². The van der Waals surface area contributed by atoms with E-state index in [0.29, 0.717) is 12.5 Å². The fourth-order valence-electron chi connectivity index (χ4n) is 2.30. The third-order valence-corrected chi connectivity index (χ3v) is 3.16. The molecule has 0 aromatic carbocycles. The van der Waals surface area contributed by atoms with Crippen LogP contribution in [0.1, 0.15) is 24.2 Å². The fraction of sp³-hybridized carbons (Fsp3) is 0.583. The van der Waals surface area contributed by atoms with E-state index in [4.69, 9.17) is 5.73 Å². The Hall–Kier alpha value is -1.69. The molecule has 1 aromatic rings. The highest BCUT2D eigenvalue weighted by Gasteiger charge is 2.31. The van der Waals surface area contributed by atoms with E-state index < -0.39 is 0 Å². The number of nitrogens with zero attached hydrogens (tertiary/aromatic N) is 3. The molecule has 2 rings (SSSR count). The van der Waals surface area contributed by atoms with E-state index in [1.165, 1.54) is 0 Å². The van der Waals surface area contributed by atoms with E-state index in [2.05, 4.69) is 15.3 Å². The Morgan fingerprint density at radius 1 is 1.61 bits per heavy atom. The van der Waals surface area contributed by atoms with Crippen LogP contribution in [-0.4, -0.2) is 35.5 Å². The molecular formula is C12H19N5O. The molecule has 0 saturated carbocycles. The lowest BCUT2D eigenvalue weighted by Crippen LogP contribution is -2.42. The smallest absolute Gasteiger partial charge is 0.242 e. The molecule has 1 amide bonds. The van der Waals surface area contributed by atoms with Gasteiger partial charge in [-0.1, -0.05) is 0 Å². The second kappa shape index (κ2) is 5.30. The quantitative estimate of drug-likeness (QED) is 0.785. The summed E-state index contributed by atoms with van der Waals surface area (Å²) in [6.07, 6.45) is 1.82. The van der Waals surface area contributed by atoms with Gasteiger partial charge in [0.25, 0.3) is 0 Å². The highest BCUT2D eigenvalue weighted by molar-refractivity contribution is 5.85. The predicted molar refractivity (Wildman–Crippen MR) is 69.1 cm³/mol. The van der Waals surface area contributed by atoms with Gasteiger partial charge in [-0.3, -0.25) is 4.79 Å². The third kappa shape index (κ3) is 2.43. The first kappa shape index (κ1) is 12.8. The molecule has 1 aliphatic heterocycles. The maximum absolute atomic E-state index is 11.8. The third-order valence-electron chi connectivity index (χ3n) is 3.16. The van der Waals surface area contributed by atoms with Gasteiger partial charge < -0.3 is 16.0 Å². The molecule has 1 fully saturated rings. The number of aromatic nitrogens is 2. The van der Waals surface area contributed by atoms with Gasteiger partial charge in [0.1, 0.15) is 6.04 Å². The van der Waals surface area contributed by atoms with Crippen molar-refractivity contribution in [3.8, 4) is 0 Å². The van der Waals surface area contributed by atoms with Gasteiger partial charge in [0.05, 0.1) is 5.69 Å². The summed E-state index contributed by atoms with van der Waals surface area (Å²) >= 11 is 0. The molecule has 1 atom stereocenters. The van der Waals surface area contributed by atoms with Crippen LogP contribution in [0, 0.1) is 6.92 Å². The van der Waals surface area contributed by atoms with E-state index in [9.17, 15) is 4.79 Å². The molecule has 1 saturated heterocycles. The average Bonchev–Trinajstić information content (AvgIpc) is 2.86. The summed E-state index contributed by atoms with van der Waals surface area (Å²) < 4.78 is 0. The maximum Gasteiger partial charge on any atom is 0.242 e. The van der Waals surface area contributed by atoms with Gasteiger partial charge in [-0.15, -0.1) is 0 Å². The minimum atomic E-state index is -0.164. The fourth-order valence-corrected chi connectivity index (χ4v) is 2.30. The van der Waals surface area contributed by atoms with Gasteiger partial charge in [-0.05, 0) is 25.8 Å². The zero-order chi connectivity index (χ0) is 13.1. The predicted octanol–water partition coefficient (Wildman–Crippen LogP) is -0.0415. The summed E-state index contributed by atoms with van der Waals surface area (Å²) in [5.41, 5.74) is 7.30. The number of carbonyl (C=O) groups excluding carboxylic acids is 1. The van der Waals surface area contributed by atoms with E-state index in [-0.39, 0.29) is 11.9 Å². The second-order valence-corrected chi connectivity index (χ2v) is 4.47. The number of anilines is 1. The molecular weight excluding hydrogens is 230 g/mol. The largest absolute Gasteiger partial charge is 0.357 e. The van der Waals surface area contributed by atoms with Gasteiger partial charge in [0.15, 0.2) is 0 Å². The van der Waals surface area contributed by atoms with Gasteiger partial charge in [-0.25, -0.2) is 9.97 Å². The minimum absolute atomic E-state index is 0.0203. The molecule has 0 bridgehead atoms. The number of likely N-dealkylation sites (N-methyl/N-ethyl adjacent to an activating group) is 1. The molecule has 6 heteroatoms.